The summed E-state index contributed by atoms with van der Waals surface area (Å²) in [7, 11) is 0. The Balaban J connectivity index is 1.50. The Morgan fingerprint density at radius 2 is 2.00 bits per heavy atom. The molecule has 112 valence electrons. The molecular weight excluding hydrogens is 285 g/mol. The van der Waals surface area contributed by atoms with Crippen molar-refractivity contribution < 1.29 is 8.91 Å². The molecule has 1 N–H and O–H groups in total. The summed E-state index contributed by atoms with van der Waals surface area (Å²) in [6, 6.07) is 5.99. The predicted molar refractivity (Wildman–Crippen MR) is 78.5 cm³/mol. The van der Waals surface area contributed by atoms with Gasteiger partial charge in [0.25, 0.3) is 0 Å². The van der Waals surface area contributed by atoms with Crippen LogP contribution < -0.4 is 5.32 Å². The Bertz CT molecular complexity index is 714. The topological polar surface area (TPSA) is 76.7 Å². The standard InChI is InChI=1S/C15H14FN5O/c16-12-5-3-11(4-6-12)15-20-14(22-21-15)2-1-7-18-13-10-17-8-9-19-13/h3-6,8-10H,1-2,7H2,(H,18,19). The number of rotatable bonds is 6. The van der Waals surface area contributed by atoms with Gasteiger partial charge in [-0.15, -0.1) is 0 Å². The second kappa shape index (κ2) is 6.75. The average molecular weight is 299 g/mol. The minimum atomic E-state index is -0.289. The van der Waals surface area contributed by atoms with Crippen LogP contribution in [-0.4, -0.2) is 26.7 Å². The van der Waals surface area contributed by atoms with Crippen LogP contribution in [0.15, 0.2) is 47.4 Å². The number of aromatic nitrogens is 4. The van der Waals surface area contributed by atoms with Crippen molar-refractivity contribution in [1.82, 2.24) is 20.1 Å². The fraction of sp³-hybridized carbons (Fsp3) is 0.200. The van der Waals surface area contributed by atoms with Gasteiger partial charge in [-0.25, -0.2) is 9.37 Å². The molecule has 2 heterocycles. The van der Waals surface area contributed by atoms with Gasteiger partial charge in [0.05, 0.1) is 6.20 Å². The Morgan fingerprint density at radius 1 is 1.14 bits per heavy atom. The number of benzene rings is 1. The Kier molecular flexibility index (Phi) is 4.33. The summed E-state index contributed by atoms with van der Waals surface area (Å²) in [4.78, 5) is 12.4. The summed E-state index contributed by atoms with van der Waals surface area (Å²) in [5.41, 5.74) is 0.731. The highest BCUT2D eigenvalue weighted by Gasteiger charge is 2.08. The molecule has 7 heteroatoms. The molecule has 0 amide bonds. The molecule has 0 fully saturated rings. The molecule has 0 bridgehead atoms. The quantitative estimate of drug-likeness (QED) is 0.705. The first-order valence-electron chi connectivity index (χ1n) is 6.90. The molecule has 22 heavy (non-hydrogen) atoms. The van der Waals surface area contributed by atoms with Gasteiger partial charge in [-0.05, 0) is 30.7 Å². The smallest absolute Gasteiger partial charge is 0.227 e. The fourth-order valence-corrected chi connectivity index (χ4v) is 1.92. The minimum absolute atomic E-state index is 0.289. The van der Waals surface area contributed by atoms with Crippen LogP contribution in [0.3, 0.4) is 0 Å². The van der Waals surface area contributed by atoms with Gasteiger partial charge in [-0.1, -0.05) is 5.16 Å². The van der Waals surface area contributed by atoms with Crippen LogP contribution in [0.1, 0.15) is 12.3 Å². The van der Waals surface area contributed by atoms with Crippen molar-refractivity contribution in [2.24, 2.45) is 0 Å². The lowest BCUT2D eigenvalue weighted by atomic mass is 10.2. The monoisotopic (exact) mass is 299 g/mol. The number of nitrogens with zero attached hydrogens (tertiary/aromatic N) is 4. The number of nitrogens with one attached hydrogen (secondary N) is 1. The van der Waals surface area contributed by atoms with Crippen LogP contribution in [0.5, 0.6) is 0 Å². The van der Waals surface area contributed by atoms with Crippen molar-refractivity contribution in [2.45, 2.75) is 12.8 Å². The van der Waals surface area contributed by atoms with E-state index in [4.69, 9.17) is 4.52 Å². The summed E-state index contributed by atoms with van der Waals surface area (Å²) in [5, 5.41) is 7.06. The van der Waals surface area contributed by atoms with E-state index in [2.05, 4.69) is 25.4 Å². The molecule has 0 saturated heterocycles. The average Bonchev–Trinajstić information content (AvgIpc) is 3.02. The summed E-state index contributed by atoms with van der Waals surface area (Å²) in [6.07, 6.45) is 6.40. The first-order valence-corrected chi connectivity index (χ1v) is 6.90. The van der Waals surface area contributed by atoms with E-state index in [0.717, 1.165) is 24.3 Å². The Labute approximate surface area is 126 Å². The number of halogens is 1. The second-order valence-corrected chi connectivity index (χ2v) is 4.64. The second-order valence-electron chi connectivity index (χ2n) is 4.64. The van der Waals surface area contributed by atoms with Crippen LogP contribution >= 0.6 is 0 Å². The molecule has 0 saturated carbocycles. The van der Waals surface area contributed by atoms with Crippen molar-refractivity contribution in [3.05, 3.63) is 54.6 Å². The molecule has 0 aliphatic heterocycles. The number of hydrogen-bond acceptors (Lipinski definition) is 6. The highest BCUT2D eigenvalue weighted by atomic mass is 19.1. The summed E-state index contributed by atoms with van der Waals surface area (Å²) in [5.74, 6) is 1.47. The molecule has 0 spiro atoms. The van der Waals surface area contributed by atoms with E-state index in [1.54, 1.807) is 30.7 Å². The van der Waals surface area contributed by atoms with Gasteiger partial charge in [-0.3, -0.25) is 4.98 Å². The molecule has 0 atom stereocenters. The largest absolute Gasteiger partial charge is 0.369 e. The van der Waals surface area contributed by atoms with Crippen molar-refractivity contribution >= 4 is 5.82 Å². The molecule has 3 aromatic rings. The zero-order valence-corrected chi connectivity index (χ0v) is 11.7. The summed E-state index contributed by atoms with van der Waals surface area (Å²) >= 11 is 0. The van der Waals surface area contributed by atoms with E-state index in [9.17, 15) is 4.39 Å². The molecule has 0 radical (unpaired) electrons. The van der Waals surface area contributed by atoms with E-state index >= 15 is 0 Å². The van der Waals surface area contributed by atoms with Crippen molar-refractivity contribution in [3.63, 3.8) is 0 Å². The fourth-order valence-electron chi connectivity index (χ4n) is 1.92. The maximum absolute atomic E-state index is 12.9. The summed E-state index contributed by atoms with van der Waals surface area (Å²) < 4.78 is 18.1. The van der Waals surface area contributed by atoms with Gasteiger partial charge >= 0.3 is 0 Å². The van der Waals surface area contributed by atoms with Gasteiger partial charge in [0.2, 0.25) is 11.7 Å². The lowest BCUT2D eigenvalue weighted by molar-refractivity contribution is 0.377. The lowest BCUT2D eigenvalue weighted by Crippen LogP contribution is -2.04. The number of anilines is 1. The maximum Gasteiger partial charge on any atom is 0.227 e. The molecule has 2 aromatic heterocycles. The van der Waals surface area contributed by atoms with Crippen molar-refractivity contribution in [2.75, 3.05) is 11.9 Å². The van der Waals surface area contributed by atoms with Gasteiger partial charge < -0.3 is 9.84 Å². The third kappa shape index (κ3) is 3.63. The van der Waals surface area contributed by atoms with Gasteiger partial charge in [0.15, 0.2) is 0 Å². The van der Waals surface area contributed by atoms with Crippen LogP contribution in [0.4, 0.5) is 10.2 Å². The SMILES string of the molecule is Fc1ccc(-c2noc(CCCNc3cnccn3)n2)cc1. The van der Waals surface area contributed by atoms with E-state index < -0.39 is 0 Å². The number of hydrogen-bond donors (Lipinski definition) is 1. The molecule has 3 rings (SSSR count). The molecular formula is C15H14FN5O. The molecule has 0 aliphatic carbocycles. The zero-order chi connectivity index (χ0) is 15.2. The summed E-state index contributed by atoms with van der Waals surface area (Å²) in [6.45, 7) is 0.729. The lowest BCUT2D eigenvalue weighted by Gasteiger charge is -2.02. The minimum Gasteiger partial charge on any atom is -0.369 e. The van der Waals surface area contributed by atoms with Crippen LogP contribution in [-0.2, 0) is 6.42 Å². The van der Waals surface area contributed by atoms with Gasteiger partial charge in [-0.2, -0.15) is 4.98 Å². The molecule has 6 nitrogen and oxygen atoms in total. The van der Waals surface area contributed by atoms with Gasteiger partial charge in [0, 0.05) is 30.9 Å². The van der Waals surface area contributed by atoms with Crippen LogP contribution in [0, 0.1) is 5.82 Å². The number of aryl methyl sites for hydroxylation is 1. The van der Waals surface area contributed by atoms with Gasteiger partial charge in [0.1, 0.15) is 11.6 Å². The molecule has 0 unspecified atom stereocenters. The zero-order valence-electron chi connectivity index (χ0n) is 11.7. The van der Waals surface area contributed by atoms with Crippen molar-refractivity contribution in [1.29, 1.82) is 0 Å². The normalized spacial score (nSPS) is 10.6. The van der Waals surface area contributed by atoms with E-state index in [1.807, 2.05) is 0 Å². The predicted octanol–water partition coefficient (Wildman–Crippen LogP) is 2.71. The first-order chi connectivity index (χ1) is 10.8. The molecule has 1 aromatic carbocycles. The molecule has 0 aliphatic rings. The van der Waals surface area contributed by atoms with Crippen LogP contribution in [0.2, 0.25) is 0 Å². The van der Waals surface area contributed by atoms with E-state index in [1.165, 1.54) is 12.1 Å². The Hall–Kier alpha value is -2.83. The highest BCUT2D eigenvalue weighted by molar-refractivity contribution is 5.53. The third-order valence-corrected chi connectivity index (χ3v) is 3.01. The van der Waals surface area contributed by atoms with Crippen molar-refractivity contribution in [3.8, 4) is 11.4 Å². The Morgan fingerprint density at radius 3 is 2.77 bits per heavy atom. The van der Waals surface area contributed by atoms with Crippen LogP contribution in [0.25, 0.3) is 11.4 Å². The van der Waals surface area contributed by atoms with E-state index in [0.29, 0.717) is 18.1 Å². The highest BCUT2D eigenvalue weighted by Crippen LogP contribution is 2.16. The first kappa shape index (κ1) is 14.1. The maximum atomic E-state index is 12.9. The third-order valence-electron chi connectivity index (χ3n) is 3.01. The van der Waals surface area contributed by atoms with E-state index in [-0.39, 0.29) is 5.82 Å².